The molecule has 1 aromatic carbocycles. The summed E-state index contributed by atoms with van der Waals surface area (Å²) in [7, 11) is 0. The van der Waals surface area contributed by atoms with Gasteiger partial charge in [0.2, 0.25) is 0 Å². The van der Waals surface area contributed by atoms with E-state index >= 15 is 0 Å². The predicted molar refractivity (Wildman–Crippen MR) is 90.2 cm³/mol. The second kappa shape index (κ2) is 6.67. The minimum Gasteiger partial charge on any atom is -0.345 e. The Hall–Kier alpha value is -2.26. The van der Waals surface area contributed by atoms with E-state index in [1.807, 2.05) is 37.8 Å². The SMILES string of the molecule is C/C=C/Cn1cccc1C(c1ccc(Cl)cc1)n1ccnc1. The van der Waals surface area contributed by atoms with E-state index in [1.165, 1.54) is 11.3 Å². The highest BCUT2D eigenvalue weighted by atomic mass is 35.5. The fourth-order valence-corrected chi connectivity index (χ4v) is 2.75. The fraction of sp³-hybridized carbons (Fsp3) is 0.167. The molecule has 3 nitrogen and oxygen atoms in total. The summed E-state index contributed by atoms with van der Waals surface area (Å²) < 4.78 is 4.37. The summed E-state index contributed by atoms with van der Waals surface area (Å²) >= 11 is 6.03. The molecule has 1 atom stereocenters. The van der Waals surface area contributed by atoms with Crippen molar-refractivity contribution in [1.29, 1.82) is 0 Å². The van der Waals surface area contributed by atoms with Crippen LogP contribution >= 0.6 is 11.6 Å². The number of hydrogen-bond acceptors (Lipinski definition) is 1. The van der Waals surface area contributed by atoms with Gasteiger partial charge in [-0.1, -0.05) is 35.9 Å². The zero-order chi connectivity index (χ0) is 15.4. The molecule has 0 aliphatic carbocycles. The smallest absolute Gasteiger partial charge is 0.0998 e. The van der Waals surface area contributed by atoms with Crippen LogP contribution < -0.4 is 0 Å². The summed E-state index contributed by atoms with van der Waals surface area (Å²) in [5, 5.41) is 0.748. The highest BCUT2D eigenvalue weighted by molar-refractivity contribution is 6.30. The molecule has 112 valence electrons. The lowest BCUT2D eigenvalue weighted by Crippen LogP contribution is -2.15. The molecule has 1 unspecified atom stereocenters. The highest BCUT2D eigenvalue weighted by Crippen LogP contribution is 2.28. The van der Waals surface area contributed by atoms with E-state index in [9.17, 15) is 0 Å². The Morgan fingerprint density at radius 2 is 2.00 bits per heavy atom. The van der Waals surface area contributed by atoms with Crippen molar-refractivity contribution in [2.75, 3.05) is 0 Å². The molecule has 0 saturated carbocycles. The number of halogens is 1. The second-order valence-corrected chi connectivity index (χ2v) is 5.55. The van der Waals surface area contributed by atoms with Crippen molar-refractivity contribution in [2.45, 2.75) is 19.5 Å². The molecule has 2 aromatic heterocycles. The lowest BCUT2D eigenvalue weighted by molar-refractivity contribution is 0.613. The molecule has 0 bridgehead atoms. The molecule has 22 heavy (non-hydrogen) atoms. The first-order chi connectivity index (χ1) is 10.8. The lowest BCUT2D eigenvalue weighted by Gasteiger charge is -2.21. The van der Waals surface area contributed by atoms with Crippen molar-refractivity contribution in [3.63, 3.8) is 0 Å². The van der Waals surface area contributed by atoms with Gasteiger partial charge in [-0.2, -0.15) is 0 Å². The number of benzene rings is 1. The van der Waals surface area contributed by atoms with Gasteiger partial charge in [0, 0.05) is 35.9 Å². The average Bonchev–Trinajstić information content (AvgIpc) is 3.20. The Balaban J connectivity index is 2.07. The zero-order valence-corrected chi connectivity index (χ0v) is 13.2. The van der Waals surface area contributed by atoms with E-state index in [-0.39, 0.29) is 6.04 Å². The van der Waals surface area contributed by atoms with Crippen LogP contribution in [0.3, 0.4) is 0 Å². The van der Waals surface area contributed by atoms with Crippen molar-refractivity contribution in [3.8, 4) is 0 Å². The van der Waals surface area contributed by atoms with Gasteiger partial charge in [-0.15, -0.1) is 0 Å². The first kappa shape index (κ1) is 14.7. The Kier molecular flexibility index (Phi) is 4.45. The standard InChI is InChI=1S/C18H18ClN3/c1-2-3-11-21-12-4-5-17(21)18(22-13-10-20-14-22)15-6-8-16(19)9-7-15/h2-10,12-14,18H,11H2,1H3/b3-2+. The minimum absolute atomic E-state index is 0.0834. The Morgan fingerprint density at radius 1 is 1.18 bits per heavy atom. The first-order valence-corrected chi connectivity index (χ1v) is 7.66. The van der Waals surface area contributed by atoms with Gasteiger partial charge in [-0.25, -0.2) is 4.98 Å². The van der Waals surface area contributed by atoms with Crippen LogP contribution in [0.25, 0.3) is 0 Å². The van der Waals surface area contributed by atoms with Gasteiger partial charge in [0.1, 0.15) is 0 Å². The van der Waals surface area contributed by atoms with E-state index in [4.69, 9.17) is 11.6 Å². The summed E-state index contributed by atoms with van der Waals surface area (Å²) in [6.07, 6.45) is 12.0. The lowest BCUT2D eigenvalue weighted by atomic mass is 10.0. The van der Waals surface area contributed by atoms with Crippen LogP contribution in [-0.4, -0.2) is 14.1 Å². The molecule has 0 aliphatic heterocycles. The molecule has 0 radical (unpaired) electrons. The summed E-state index contributed by atoms with van der Waals surface area (Å²) in [4.78, 5) is 4.20. The Bertz CT molecular complexity index is 739. The number of hydrogen-bond donors (Lipinski definition) is 0. The largest absolute Gasteiger partial charge is 0.345 e. The van der Waals surface area contributed by atoms with Crippen molar-refractivity contribution < 1.29 is 0 Å². The minimum atomic E-state index is 0.0834. The Morgan fingerprint density at radius 3 is 2.68 bits per heavy atom. The maximum Gasteiger partial charge on any atom is 0.0998 e. The zero-order valence-electron chi connectivity index (χ0n) is 12.4. The third-order valence-electron chi connectivity index (χ3n) is 3.69. The molecule has 0 aliphatic rings. The molecule has 3 rings (SSSR count). The van der Waals surface area contributed by atoms with E-state index in [1.54, 1.807) is 0 Å². The molecule has 0 amide bonds. The number of nitrogens with zero attached hydrogens (tertiary/aromatic N) is 3. The maximum absolute atomic E-state index is 6.03. The molecule has 0 spiro atoms. The summed E-state index contributed by atoms with van der Waals surface area (Å²) in [5.41, 5.74) is 2.40. The van der Waals surface area contributed by atoms with Crippen molar-refractivity contribution in [1.82, 2.24) is 14.1 Å². The summed E-state index contributed by atoms with van der Waals surface area (Å²) in [5.74, 6) is 0. The van der Waals surface area contributed by atoms with Gasteiger partial charge in [0.05, 0.1) is 12.4 Å². The molecule has 0 saturated heterocycles. The third-order valence-corrected chi connectivity index (χ3v) is 3.94. The van der Waals surface area contributed by atoms with Gasteiger partial charge in [-0.3, -0.25) is 0 Å². The number of allylic oxidation sites excluding steroid dienone is 2. The van der Waals surface area contributed by atoms with Crippen LogP contribution in [0.1, 0.15) is 24.2 Å². The molecule has 4 heteroatoms. The highest BCUT2D eigenvalue weighted by Gasteiger charge is 2.18. The van der Waals surface area contributed by atoms with Crippen molar-refractivity contribution >= 4 is 11.6 Å². The van der Waals surface area contributed by atoms with Crippen LogP contribution in [0.5, 0.6) is 0 Å². The number of imidazole rings is 1. The van der Waals surface area contributed by atoms with Crippen molar-refractivity contribution in [2.24, 2.45) is 0 Å². The first-order valence-electron chi connectivity index (χ1n) is 7.28. The van der Waals surface area contributed by atoms with Crippen molar-refractivity contribution in [3.05, 3.63) is 89.7 Å². The maximum atomic E-state index is 6.03. The Labute approximate surface area is 135 Å². The van der Waals surface area contributed by atoms with Gasteiger partial charge in [0.15, 0.2) is 0 Å². The fourth-order valence-electron chi connectivity index (χ4n) is 2.62. The molecular weight excluding hydrogens is 294 g/mol. The predicted octanol–water partition coefficient (Wildman–Crippen LogP) is 4.55. The van der Waals surface area contributed by atoms with Crippen LogP contribution in [0.2, 0.25) is 5.02 Å². The van der Waals surface area contributed by atoms with Crippen LogP contribution in [0.15, 0.2) is 73.5 Å². The average molecular weight is 312 g/mol. The molecule has 2 heterocycles. The normalized spacial score (nSPS) is 12.8. The summed E-state index contributed by atoms with van der Waals surface area (Å²) in [6.45, 7) is 2.90. The topological polar surface area (TPSA) is 22.8 Å². The van der Waals surface area contributed by atoms with E-state index in [0.717, 1.165) is 11.6 Å². The quantitative estimate of drug-likeness (QED) is 0.634. The van der Waals surface area contributed by atoms with Gasteiger partial charge < -0.3 is 9.13 Å². The molecular formula is C18H18ClN3. The van der Waals surface area contributed by atoms with E-state index in [0.29, 0.717) is 0 Å². The van der Waals surface area contributed by atoms with Crippen LogP contribution in [0, 0.1) is 0 Å². The van der Waals surface area contributed by atoms with Crippen LogP contribution in [-0.2, 0) is 6.54 Å². The third kappa shape index (κ3) is 3.00. The van der Waals surface area contributed by atoms with Crippen LogP contribution in [0.4, 0.5) is 0 Å². The van der Waals surface area contributed by atoms with E-state index in [2.05, 4.69) is 56.7 Å². The number of rotatable bonds is 5. The second-order valence-electron chi connectivity index (χ2n) is 5.12. The number of aromatic nitrogens is 3. The van der Waals surface area contributed by atoms with E-state index < -0.39 is 0 Å². The molecule has 3 aromatic rings. The summed E-state index contributed by atoms with van der Waals surface area (Å²) in [6, 6.07) is 12.3. The molecule has 0 fully saturated rings. The monoisotopic (exact) mass is 311 g/mol. The molecule has 0 N–H and O–H groups in total. The van der Waals surface area contributed by atoms with Gasteiger partial charge in [0.25, 0.3) is 0 Å². The van der Waals surface area contributed by atoms with Gasteiger partial charge in [-0.05, 0) is 36.8 Å². The van der Waals surface area contributed by atoms with Gasteiger partial charge >= 0.3 is 0 Å².